The maximum atomic E-state index is 5.63. The first kappa shape index (κ1) is 15.0. The summed E-state index contributed by atoms with van der Waals surface area (Å²) in [6.45, 7) is 11.5. The van der Waals surface area contributed by atoms with E-state index in [9.17, 15) is 0 Å². The minimum atomic E-state index is 0.503. The van der Waals surface area contributed by atoms with Crippen molar-refractivity contribution in [2.24, 2.45) is 0 Å². The predicted molar refractivity (Wildman–Crippen MR) is 81.9 cm³/mol. The summed E-state index contributed by atoms with van der Waals surface area (Å²) in [6, 6.07) is 5.59. The molecule has 1 N–H and O–H groups in total. The van der Waals surface area contributed by atoms with E-state index in [4.69, 9.17) is 4.74 Å². The Bertz CT molecular complexity index is 378. The lowest BCUT2D eigenvalue weighted by molar-refractivity contribution is -0.0110. The van der Waals surface area contributed by atoms with Gasteiger partial charge in [-0.1, -0.05) is 20.8 Å². The first-order chi connectivity index (χ1) is 9.19. The molecule has 0 aromatic carbocycles. The Labute approximate surface area is 121 Å². The Morgan fingerprint density at radius 2 is 2.21 bits per heavy atom. The van der Waals surface area contributed by atoms with Crippen molar-refractivity contribution >= 4 is 11.3 Å². The van der Waals surface area contributed by atoms with E-state index >= 15 is 0 Å². The van der Waals surface area contributed by atoms with Gasteiger partial charge in [0.05, 0.1) is 13.2 Å². The molecule has 1 aromatic heterocycles. The van der Waals surface area contributed by atoms with E-state index in [0.717, 1.165) is 39.3 Å². The maximum absolute atomic E-state index is 5.63. The van der Waals surface area contributed by atoms with Crippen LogP contribution in [0.4, 0.5) is 0 Å². The summed E-state index contributed by atoms with van der Waals surface area (Å²) in [5, 5.41) is 3.53. The molecule has 1 fully saturated rings. The van der Waals surface area contributed by atoms with E-state index in [-0.39, 0.29) is 0 Å². The zero-order valence-corrected chi connectivity index (χ0v) is 13.1. The number of hydrogen-bond acceptors (Lipinski definition) is 4. The van der Waals surface area contributed by atoms with Crippen molar-refractivity contribution in [3.63, 3.8) is 0 Å². The van der Waals surface area contributed by atoms with Gasteiger partial charge in [-0.15, -0.1) is 11.3 Å². The highest BCUT2D eigenvalue weighted by molar-refractivity contribution is 7.11. The van der Waals surface area contributed by atoms with Gasteiger partial charge < -0.3 is 10.1 Å². The van der Waals surface area contributed by atoms with E-state index in [0.29, 0.717) is 12.1 Å². The average Bonchev–Trinajstić information content (AvgIpc) is 2.85. The largest absolute Gasteiger partial charge is 0.378 e. The highest BCUT2D eigenvalue weighted by Crippen LogP contribution is 2.20. The molecule has 4 heteroatoms. The molecule has 1 aliphatic heterocycles. The molecule has 0 bridgehead atoms. The van der Waals surface area contributed by atoms with Crippen LogP contribution >= 0.6 is 11.3 Å². The van der Waals surface area contributed by atoms with Crippen LogP contribution in [0, 0.1) is 0 Å². The topological polar surface area (TPSA) is 24.5 Å². The van der Waals surface area contributed by atoms with Crippen LogP contribution < -0.4 is 5.32 Å². The van der Waals surface area contributed by atoms with Crippen LogP contribution in [0.15, 0.2) is 12.1 Å². The molecule has 2 rings (SSSR count). The Morgan fingerprint density at radius 3 is 2.89 bits per heavy atom. The summed E-state index contributed by atoms with van der Waals surface area (Å²) < 4.78 is 5.63. The van der Waals surface area contributed by atoms with Crippen LogP contribution in [-0.2, 0) is 17.7 Å². The molecule has 1 aliphatic rings. The first-order valence-electron chi connectivity index (χ1n) is 7.31. The minimum Gasteiger partial charge on any atom is -0.378 e. The smallest absolute Gasteiger partial charge is 0.0635 e. The Hall–Kier alpha value is -0.420. The second-order valence-electron chi connectivity index (χ2n) is 5.48. The van der Waals surface area contributed by atoms with Crippen LogP contribution in [0.2, 0.25) is 0 Å². The second-order valence-corrected chi connectivity index (χ2v) is 6.74. The van der Waals surface area contributed by atoms with Gasteiger partial charge in [-0.2, -0.15) is 0 Å². The number of aryl methyl sites for hydroxylation is 1. The van der Waals surface area contributed by atoms with Crippen molar-refractivity contribution in [3.05, 3.63) is 21.9 Å². The number of morpholine rings is 1. The number of thiophene rings is 1. The van der Waals surface area contributed by atoms with Gasteiger partial charge >= 0.3 is 0 Å². The van der Waals surface area contributed by atoms with Crippen LogP contribution in [-0.4, -0.2) is 43.3 Å². The van der Waals surface area contributed by atoms with E-state index in [1.807, 2.05) is 11.3 Å². The third-order valence-electron chi connectivity index (χ3n) is 3.54. The van der Waals surface area contributed by atoms with Crippen molar-refractivity contribution in [2.45, 2.75) is 45.8 Å². The summed E-state index contributed by atoms with van der Waals surface area (Å²) in [7, 11) is 0. The molecule has 2 heterocycles. The third kappa shape index (κ3) is 4.56. The highest BCUT2D eigenvalue weighted by atomic mass is 32.1. The number of hydrogen-bond donors (Lipinski definition) is 1. The SMILES string of the molecule is CCc1ccc(CN2CCOCC2CNC(C)C)s1. The quantitative estimate of drug-likeness (QED) is 0.867. The molecule has 1 saturated heterocycles. The van der Waals surface area contributed by atoms with Gasteiger partial charge in [-0.25, -0.2) is 0 Å². The standard InChI is InChI=1S/C15H26N2OS/c1-4-14-5-6-15(19-14)10-17-7-8-18-11-13(17)9-16-12(2)3/h5-6,12-13,16H,4,7-11H2,1-3H3. The predicted octanol–water partition coefficient (Wildman–Crippen LogP) is 2.51. The van der Waals surface area contributed by atoms with Crippen molar-refractivity contribution in [3.8, 4) is 0 Å². The number of nitrogens with zero attached hydrogens (tertiary/aromatic N) is 1. The van der Waals surface area contributed by atoms with Crippen molar-refractivity contribution in [2.75, 3.05) is 26.3 Å². The summed E-state index contributed by atoms with van der Waals surface area (Å²) >= 11 is 1.95. The first-order valence-corrected chi connectivity index (χ1v) is 8.13. The van der Waals surface area contributed by atoms with Crippen molar-refractivity contribution < 1.29 is 4.74 Å². The Balaban J connectivity index is 1.91. The van der Waals surface area contributed by atoms with Crippen LogP contribution in [0.3, 0.4) is 0 Å². The summed E-state index contributed by atoms with van der Waals surface area (Å²) in [5.41, 5.74) is 0. The third-order valence-corrected chi connectivity index (χ3v) is 4.75. The van der Waals surface area contributed by atoms with Gasteiger partial charge in [0.1, 0.15) is 0 Å². The zero-order chi connectivity index (χ0) is 13.7. The second kappa shape index (κ2) is 7.39. The molecule has 0 amide bonds. The molecule has 1 unspecified atom stereocenters. The molecule has 1 aromatic rings. The molecule has 19 heavy (non-hydrogen) atoms. The highest BCUT2D eigenvalue weighted by Gasteiger charge is 2.23. The minimum absolute atomic E-state index is 0.503. The van der Waals surface area contributed by atoms with Gasteiger partial charge in [0, 0.05) is 41.5 Å². The molecule has 3 nitrogen and oxygen atoms in total. The molecule has 108 valence electrons. The summed E-state index contributed by atoms with van der Waals surface area (Å²) in [6.07, 6.45) is 1.14. The lowest BCUT2D eigenvalue weighted by Crippen LogP contribution is -2.50. The molecule has 0 spiro atoms. The monoisotopic (exact) mass is 282 g/mol. The van der Waals surface area contributed by atoms with Gasteiger partial charge in [0.25, 0.3) is 0 Å². The van der Waals surface area contributed by atoms with E-state index in [1.54, 1.807) is 0 Å². The molecule has 0 saturated carbocycles. The fraction of sp³-hybridized carbons (Fsp3) is 0.733. The number of ether oxygens (including phenoxy) is 1. The van der Waals surface area contributed by atoms with E-state index < -0.39 is 0 Å². The summed E-state index contributed by atoms with van der Waals surface area (Å²) in [5.74, 6) is 0. The molecular formula is C15H26N2OS. The van der Waals surface area contributed by atoms with E-state index in [2.05, 4.69) is 43.1 Å². The zero-order valence-electron chi connectivity index (χ0n) is 12.3. The molecular weight excluding hydrogens is 256 g/mol. The molecule has 0 aliphatic carbocycles. The fourth-order valence-electron chi connectivity index (χ4n) is 2.35. The lowest BCUT2D eigenvalue weighted by atomic mass is 10.2. The van der Waals surface area contributed by atoms with Crippen LogP contribution in [0.1, 0.15) is 30.5 Å². The van der Waals surface area contributed by atoms with Gasteiger partial charge in [-0.3, -0.25) is 4.90 Å². The summed E-state index contributed by atoms with van der Waals surface area (Å²) in [4.78, 5) is 5.53. The molecule has 0 radical (unpaired) electrons. The van der Waals surface area contributed by atoms with Crippen LogP contribution in [0.5, 0.6) is 0 Å². The average molecular weight is 282 g/mol. The van der Waals surface area contributed by atoms with Gasteiger partial charge in [0.15, 0.2) is 0 Å². The Morgan fingerprint density at radius 1 is 1.42 bits per heavy atom. The van der Waals surface area contributed by atoms with Crippen LogP contribution in [0.25, 0.3) is 0 Å². The molecule has 1 atom stereocenters. The van der Waals surface area contributed by atoms with Gasteiger partial charge in [-0.05, 0) is 18.6 Å². The number of rotatable bonds is 6. The fourth-order valence-corrected chi connectivity index (χ4v) is 3.34. The maximum Gasteiger partial charge on any atom is 0.0635 e. The van der Waals surface area contributed by atoms with Crippen molar-refractivity contribution in [1.82, 2.24) is 10.2 Å². The van der Waals surface area contributed by atoms with E-state index in [1.165, 1.54) is 9.75 Å². The van der Waals surface area contributed by atoms with Gasteiger partial charge in [0.2, 0.25) is 0 Å². The van der Waals surface area contributed by atoms with Crippen molar-refractivity contribution in [1.29, 1.82) is 0 Å². The number of nitrogens with one attached hydrogen (secondary N) is 1. The normalized spacial score (nSPS) is 21.2. The Kier molecular flexibility index (Phi) is 5.82. The lowest BCUT2D eigenvalue weighted by Gasteiger charge is -2.35.